The van der Waals surface area contributed by atoms with E-state index in [9.17, 15) is 27.6 Å². The molecule has 1 aromatic carbocycles. The van der Waals surface area contributed by atoms with E-state index in [1.165, 1.54) is 16.2 Å². The molecule has 5 unspecified atom stereocenters. The number of thiazole rings is 1. The maximum Gasteiger partial charge on any atom is 0.318 e. The molecule has 5 atom stereocenters. The van der Waals surface area contributed by atoms with E-state index in [4.69, 9.17) is 19.4 Å². The van der Waals surface area contributed by atoms with Gasteiger partial charge in [0, 0.05) is 53.7 Å². The smallest absolute Gasteiger partial charge is 0.318 e. The van der Waals surface area contributed by atoms with Crippen molar-refractivity contribution >= 4 is 56.0 Å². The Morgan fingerprint density at radius 2 is 1.80 bits per heavy atom. The molecule has 9 rings (SSSR count). The van der Waals surface area contributed by atoms with Crippen molar-refractivity contribution in [1.29, 1.82) is 0 Å². The highest BCUT2D eigenvalue weighted by atomic mass is 32.2. The number of methoxy groups -OCH3 is 1. The fourth-order valence-electron chi connectivity index (χ4n) is 8.97. The van der Waals surface area contributed by atoms with E-state index in [-0.39, 0.29) is 25.4 Å². The molecule has 3 aromatic rings. The second kappa shape index (κ2) is 16.3. The number of rotatable bonds is 9. The van der Waals surface area contributed by atoms with Gasteiger partial charge in [-0.05, 0) is 83.3 Å². The molecule has 0 radical (unpaired) electrons. The number of nitrogens with one attached hydrogen (secondary N) is 3. The first-order chi connectivity index (χ1) is 28.9. The molecule has 5 fully saturated rings. The number of carbonyl (C=O) groups is 4. The number of hydrogen-bond acceptors (Lipinski definition) is 11. The standard InChI is InChI=1S/C43H53N7O8S2/c1-25-35(57-2)17-16-30-36(21-32(44-37(25)30)39-45-33(24-59-39)26-12-13-26)58-28-20-34-38(51)47-43(41(53)48-60(55,56)29-14-15-29)22-27(43)10-6-4-3-5-7-11-31(40(52)50(34)23-28)46-42(54)49-18-8-9-19-49/h6,10,16-17,21,24,26-29,31,34H,3-5,7-9,11-15,18-20,22-23H2,1-2H3,(H,46,54)(H,47,51)(H,48,53). The van der Waals surface area contributed by atoms with Crippen LogP contribution in [0.15, 0.2) is 35.7 Å². The first-order valence-corrected chi connectivity index (χ1v) is 23.9. The van der Waals surface area contributed by atoms with E-state index in [1.54, 1.807) is 12.0 Å². The maximum atomic E-state index is 14.8. The Bertz CT molecular complexity index is 2340. The van der Waals surface area contributed by atoms with Gasteiger partial charge >= 0.3 is 6.03 Å². The predicted octanol–water partition coefficient (Wildman–Crippen LogP) is 5.08. The van der Waals surface area contributed by atoms with Gasteiger partial charge in [0.25, 0.3) is 5.91 Å². The summed E-state index contributed by atoms with van der Waals surface area (Å²) in [6.45, 7) is 3.19. The van der Waals surface area contributed by atoms with Gasteiger partial charge in [0.1, 0.15) is 45.9 Å². The lowest BCUT2D eigenvalue weighted by Crippen LogP contribution is -2.58. The first kappa shape index (κ1) is 40.6. The summed E-state index contributed by atoms with van der Waals surface area (Å²) in [7, 11) is -2.28. The van der Waals surface area contributed by atoms with Crippen molar-refractivity contribution in [2.24, 2.45) is 5.92 Å². The summed E-state index contributed by atoms with van der Waals surface area (Å²) in [5.41, 5.74) is 1.71. The highest BCUT2D eigenvalue weighted by Crippen LogP contribution is 2.47. The number of ether oxygens (including phenoxy) is 2. The zero-order chi connectivity index (χ0) is 41.8. The second-order valence-electron chi connectivity index (χ2n) is 17.3. The monoisotopic (exact) mass is 859 g/mol. The SMILES string of the molecule is COc1ccc2c(OC3CC4C(=O)NC5(C(=O)NS(=O)(=O)C6CC6)CC5C=CCCCCCC(NC(=O)N5CCCC5)C(=O)N4C3)cc(-c3nc(C4CC4)cs3)nc2c1C. The number of sulfonamides is 1. The summed E-state index contributed by atoms with van der Waals surface area (Å²) in [4.78, 5) is 70.0. The molecule has 0 spiro atoms. The molecule has 17 heteroatoms. The van der Waals surface area contributed by atoms with Crippen LogP contribution in [0.25, 0.3) is 21.6 Å². The van der Waals surface area contributed by atoms with Crippen LogP contribution in [0.4, 0.5) is 4.79 Å². The largest absolute Gasteiger partial charge is 0.496 e. The normalized spacial score (nSPS) is 27.4. The molecule has 5 heterocycles. The van der Waals surface area contributed by atoms with Gasteiger partial charge < -0.3 is 29.9 Å². The van der Waals surface area contributed by atoms with Crippen LogP contribution in [0, 0.1) is 12.8 Å². The molecule has 60 heavy (non-hydrogen) atoms. The fourth-order valence-corrected chi connectivity index (χ4v) is 11.2. The quantitative estimate of drug-likeness (QED) is 0.245. The van der Waals surface area contributed by atoms with E-state index in [2.05, 4.69) is 20.7 Å². The Morgan fingerprint density at radius 3 is 2.55 bits per heavy atom. The zero-order valence-corrected chi connectivity index (χ0v) is 35.7. The van der Waals surface area contributed by atoms with Gasteiger partial charge in [-0.2, -0.15) is 0 Å². The number of fused-ring (bicyclic) bond motifs is 3. The molecule has 0 bridgehead atoms. The highest BCUT2D eigenvalue weighted by molar-refractivity contribution is 7.91. The number of likely N-dealkylation sites (tertiary alicyclic amines) is 1. The Labute approximate surface area is 354 Å². The fraction of sp³-hybridized carbons (Fsp3) is 0.581. The molecule has 3 aliphatic heterocycles. The van der Waals surface area contributed by atoms with Crippen LogP contribution in [0.3, 0.4) is 0 Å². The number of aryl methyl sites for hydroxylation is 1. The van der Waals surface area contributed by atoms with Crippen molar-refractivity contribution < 1.29 is 37.1 Å². The Balaban J connectivity index is 1.05. The number of carbonyl (C=O) groups excluding carboxylic acids is 4. The summed E-state index contributed by atoms with van der Waals surface area (Å²) in [6.07, 6.45) is 11.9. The first-order valence-electron chi connectivity index (χ1n) is 21.5. The minimum absolute atomic E-state index is 0.0307. The van der Waals surface area contributed by atoms with Crippen LogP contribution in [0.1, 0.15) is 101 Å². The minimum atomic E-state index is -3.90. The number of aromatic nitrogens is 2. The van der Waals surface area contributed by atoms with Gasteiger partial charge in [-0.25, -0.2) is 23.2 Å². The lowest BCUT2D eigenvalue weighted by Gasteiger charge is -2.30. The molecule has 3 saturated carbocycles. The number of allylic oxidation sites excluding steroid dienone is 1. The molecule has 2 saturated heterocycles. The average Bonchev–Trinajstić information content (AvgIpc) is 4.20. The molecule has 2 aromatic heterocycles. The van der Waals surface area contributed by atoms with E-state index in [1.807, 2.05) is 37.3 Å². The Morgan fingerprint density at radius 1 is 1.00 bits per heavy atom. The van der Waals surface area contributed by atoms with E-state index >= 15 is 0 Å². The molecule has 5 amide bonds. The number of amides is 5. The average molecular weight is 860 g/mol. The van der Waals surface area contributed by atoms with Gasteiger partial charge in [0.2, 0.25) is 21.8 Å². The molecular weight excluding hydrogens is 807 g/mol. The summed E-state index contributed by atoms with van der Waals surface area (Å²) >= 11 is 1.53. The van der Waals surface area contributed by atoms with Gasteiger partial charge in [-0.1, -0.05) is 25.0 Å². The maximum absolute atomic E-state index is 14.8. The van der Waals surface area contributed by atoms with Crippen LogP contribution in [-0.4, -0.2) is 108 Å². The Hall–Kier alpha value is -4.77. The van der Waals surface area contributed by atoms with Gasteiger partial charge in [0.05, 0.1) is 30.1 Å². The van der Waals surface area contributed by atoms with Gasteiger partial charge in [0.15, 0.2) is 0 Å². The Kier molecular flexibility index (Phi) is 11.0. The molecule has 3 N–H and O–H groups in total. The molecule has 3 aliphatic carbocycles. The van der Waals surface area contributed by atoms with Crippen LogP contribution in [0.5, 0.6) is 11.5 Å². The molecule has 320 valence electrons. The van der Waals surface area contributed by atoms with Crippen molar-refractivity contribution in [3.8, 4) is 22.2 Å². The van der Waals surface area contributed by atoms with Crippen LogP contribution in [0.2, 0.25) is 0 Å². The van der Waals surface area contributed by atoms with Crippen LogP contribution < -0.4 is 24.8 Å². The number of nitrogens with zero attached hydrogens (tertiary/aromatic N) is 4. The lowest BCUT2D eigenvalue weighted by molar-refractivity contribution is -0.141. The summed E-state index contributed by atoms with van der Waals surface area (Å²) < 4.78 is 40.7. The minimum Gasteiger partial charge on any atom is -0.496 e. The van der Waals surface area contributed by atoms with Crippen molar-refractivity contribution in [2.45, 2.75) is 125 Å². The number of hydrogen-bond donors (Lipinski definition) is 3. The van der Waals surface area contributed by atoms with Crippen LogP contribution in [-0.2, 0) is 24.4 Å². The predicted molar refractivity (Wildman–Crippen MR) is 225 cm³/mol. The number of pyridine rings is 1. The summed E-state index contributed by atoms with van der Waals surface area (Å²) in [5.74, 6) is -0.520. The number of urea groups is 1. The van der Waals surface area contributed by atoms with Crippen molar-refractivity contribution in [3.05, 3.63) is 47.0 Å². The van der Waals surface area contributed by atoms with Crippen LogP contribution >= 0.6 is 11.3 Å². The van der Waals surface area contributed by atoms with E-state index in [0.717, 1.165) is 66.6 Å². The van der Waals surface area contributed by atoms with Crippen molar-refractivity contribution in [3.63, 3.8) is 0 Å². The summed E-state index contributed by atoms with van der Waals surface area (Å²) in [6, 6.07) is 3.33. The van der Waals surface area contributed by atoms with Gasteiger partial charge in [-0.15, -0.1) is 11.3 Å². The second-order valence-corrected chi connectivity index (χ2v) is 20.2. The van der Waals surface area contributed by atoms with Crippen molar-refractivity contribution in [1.82, 2.24) is 35.1 Å². The molecular formula is C43H53N7O8S2. The zero-order valence-electron chi connectivity index (χ0n) is 34.1. The van der Waals surface area contributed by atoms with E-state index < -0.39 is 62.6 Å². The van der Waals surface area contributed by atoms with E-state index in [0.29, 0.717) is 67.4 Å². The van der Waals surface area contributed by atoms with Gasteiger partial charge in [-0.3, -0.25) is 19.1 Å². The third kappa shape index (κ3) is 8.18. The highest BCUT2D eigenvalue weighted by Gasteiger charge is 2.62. The lowest BCUT2D eigenvalue weighted by atomic mass is 10.0. The van der Waals surface area contributed by atoms with Crippen molar-refractivity contribution in [2.75, 3.05) is 26.7 Å². The third-order valence-electron chi connectivity index (χ3n) is 12.9. The molecule has 6 aliphatic rings. The number of benzene rings is 1. The molecule has 15 nitrogen and oxygen atoms in total. The summed E-state index contributed by atoms with van der Waals surface area (Å²) in [5, 5.41) is 8.91. The third-order valence-corrected chi connectivity index (χ3v) is 15.6. The topological polar surface area (TPSA) is 189 Å².